The molecule has 70 valence electrons. The highest BCUT2D eigenvalue weighted by molar-refractivity contribution is 4.77. The van der Waals surface area contributed by atoms with E-state index in [1.54, 1.807) is 61.7 Å². The summed E-state index contributed by atoms with van der Waals surface area (Å²) in [6.45, 7) is 0. The first kappa shape index (κ1) is 9.98. The molecule has 0 aliphatic heterocycles. The Kier molecular flexibility index (Phi) is 5.38. The van der Waals surface area contributed by atoms with Crippen molar-refractivity contribution in [2.75, 3.05) is 0 Å². The number of rotatable bonds is 0. The van der Waals surface area contributed by atoms with E-state index in [1.165, 1.54) is 0 Å². The van der Waals surface area contributed by atoms with E-state index in [9.17, 15) is 0 Å². The van der Waals surface area contributed by atoms with Crippen molar-refractivity contribution in [2.24, 2.45) is 0 Å². The molecule has 1 rings (SSSR count). The van der Waals surface area contributed by atoms with E-state index in [0.717, 1.165) is 0 Å². The highest BCUT2D eigenvalue weighted by Gasteiger charge is 1.59. The van der Waals surface area contributed by atoms with Gasteiger partial charge in [0, 0.05) is 49.6 Å². The molecule has 4 nitrogen and oxygen atoms in total. The average molecular weight is 186 g/mol. The zero-order valence-corrected chi connectivity index (χ0v) is 7.56. The largest absolute Gasteiger partial charge is 0.263 e. The lowest BCUT2D eigenvalue weighted by molar-refractivity contribution is 1.24. The minimum absolute atomic E-state index is 1.59. The summed E-state index contributed by atoms with van der Waals surface area (Å²) in [7, 11) is 0. The van der Waals surface area contributed by atoms with Gasteiger partial charge in [-0.3, -0.25) is 19.9 Å². The molecule has 1 aromatic heterocycles. The Morgan fingerprint density at radius 1 is 0.357 bits per heavy atom. The van der Waals surface area contributed by atoms with E-state index in [-0.39, 0.29) is 0 Å². The topological polar surface area (TPSA) is 51.6 Å². The molecule has 4 heteroatoms. The third-order valence-electron chi connectivity index (χ3n) is 1.17. The Hall–Kier alpha value is -2.10. The van der Waals surface area contributed by atoms with Crippen LogP contribution in [0.3, 0.4) is 0 Å². The van der Waals surface area contributed by atoms with Crippen LogP contribution in [0.25, 0.3) is 0 Å². The molecule has 0 radical (unpaired) electrons. The van der Waals surface area contributed by atoms with Gasteiger partial charge in [0.25, 0.3) is 0 Å². The molecule has 1 heterocycles. The molecule has 0 aliphatic rings. The van der Waals surface area contributed by atoms with Crippen molar-refractivity contribution in [1.82, 2.24) is 19.9 Å². The van der Waals surface area contributed by atoms with Gasteiger partial charge in [0.1, 0.15) is 0 Å². The van der Waals surface area contributed by atoms with E-state index in [2.05, 4.69) is 19.9 Å². The van der Waals surface area contributed by atoms with Gasteiger partial charge in [0.05, 0.1) is 0 Å². The predicted octanol–water partition coefficient (Wildman–Crippen LogP) is 1.52. The van der Waals surface area contributed by atoms with Crippen LogP contribution in [0.15, 0.2) is 61.7 Å². The summed E-state index contributed by atoms with van der Waals surface area (Å²) in [5.74, 6) is 0. The fraction of sp³-hybridized carbons (Fsp3) is 0. The van der Waals surface area contributed by atoms with Crippen LogP contribution in [-0.4, -0.2) is 19.9 Å². The zero-order valence-electron chi connectivity index (χ0n) is 7.56. The van der Waals surface area contributed by atoms with E-state index >= 15 is 0 Å². The van der Waals surface area contributed by atoms with E-state index in [1.807, 2.05) is 0 Å². The van der Waals surface area contributed by atoms with Gasteiger partial charge in [-0.25, -0.2) is 0 Å². The Morgan fingerprint density at radius 3 is 0.929 bits per heavy atom. The molecule has 0 N–H and O–H groups in total. The molecule has 0 atom stereocenters. The van der Waals surface area contributed by atoms with Crippen molar-refractivity contribution in [3.63, 3.8) is 0 Å². The SMILES string of the molecule is c1cnccncccnccnc1. The Labute approximate surface area is 82.4 Å². The van der Waals surface area contributed by atoms with Crippen LogP contribution in [0.4, 0.5) is 0 Å². The lowest BCUT2D eigenvalue weighted by Crippen LogP contribution is -1.64. The molecule has 0 aromatic carbocycles. The second-order valence-corrected chi connectivity index (χ2v) is 2.17. The zero-order chi connectivity index (χ0) is 9.90. The molecular formula is C10H10N4. The molecule has 0 aliphatic carbocycles. The first-order chi connectivity index (χ1) is 7.00. The lowest BCUT2D eigenvalue weighted by atomic mass is 10.7. The van der Waals surface area contributed by atoms with Crippen molar-refractivity contribution in [3.05, 3.63) is 61.7 Å². The fourth-order valence-electron chi connectivity index (χ4n) is 0.628. The molecule has 0 unspecified atom stereocenters. The van der Waals surface area contributed by atoms with E-state index in [4.69, 9.17) is 0 Å². The van der Waals surface area contributed by atoms with Gasteiger partial charge in [0.15, 0.2) is 0 Å². The number of hydrogen-bond acceptors (Lipinski definition) is 4. The molecule has 0 bridgehead atoms. The highest BCUT2D eigenvalue weighted by atomic mass is 14.7. The maximum Gasteiger partial charge on any atom is 0.0450 e. The second kappa shape index (κ2) is 7.54. The first-order valence-electron chi connectivity index (χ1n) is 4.07. The van der Waals surface area contributed by atoms with Crippen LogP contribution in [0.5, 0.6) is 0 Å². The molecule has 1 aromatic rings. The summed E-state index contributed by atoms with van der Waals surface area (Å²) in [5.41, 5.74) is 0. The summed E-state index contributed by atoms with van der Waals surface area (Å²) in [5, 5.41) is 0. The number of aromatic nitrogens is 4. The van der Waals surface area contributed by atoms with Crippen LogP contribution in [0.1, 0.15) is 0 Å². The quantitative estimate of drug-likeness (QED) is 0.616. The summed E-state index contributed by atoms with van der Waals surface area (Å²) in [6, 6.07) is 3.44. The summed E-state index contributed by atoms with van der Waals surface area (Å²) in [6.07, 6.45) is 12.9. The van der Waals surface area contributed by atoms with E-state index < -0.39 is 0 Å². The Bertz CT molecular complexity index is 225. The predicted molar refractivity (Wildman–Crippen MR) is 52.9 cm³/mol. The van der Waals surface area contributed by atoms with Crippen LogP contribution in [0.2, 0.25) is 0 Å². The van der Waals surface area contributed by atoms with Crippen LogP contribution in [-0.2, 0) is 0 Å². The van der Waals surface area contributed by atoms with Gasteiger partial charge in [-0.05, 0) is 12.1 Å². The summed E-state index contributed by atoms with van der Waals surface area (Å²) in [4.78, 5) is 15.7. The standard InChI is InChI=1S/C10H10N4/c1-3-11-7-9-13-5-2-6-14-10-8-12-4-1/h1-10H. The molecule has 0 saturated heterocycles. The fourth-order valence-corrected chi connectivity index (χ4v) is 0.628. The Balaban J connectivity index is 3.00. The summed E-state index contributed by atoms with van der Waals surface area (Å²) < 4.78 is 0. The first-order valence-corrected chi connectivity index (χ1v) is 4.07. The maximum absolute atomic E-state index is 3.92. The minimum atomic E-state index is 1.59. The van der Waals surface area contributed by atoms with Crippen molar-refractivity contribution in [2.45, 2.75) is 0 Å². The van der Waals surface area contributed by atoms with Crippen LogP contribution < -0.4 is 0 Å². The third kappa shape index (κ3) is 5.54. The van der Waals surface area contributed by atoms with Crippen molar-refractivity contribution >= 4 is 0 Å². The van der Waals surface area contributed by atoms with Gasteiger partial charge in [-0.1, -0.05) is 0 Å². The van der Waals surface area contributed by atoms with Crippen molar-refractivity contribution < 1.29 is 0 Å². The second-order valence-electron chi connectivity index (χ2n) is 2.17. The van der Waals surface area contributed by atoms with E-state index in [0.29, 0.717) is 0 Å². The van der Waals surface area contributed by atoms with Crippen LogP contribution in [0, 0.1) is 0 Å². The molecule has 14 heavy (non-hydrogen) atoms. The smallest absolute Gasteiger partial charge is 0.0450 e. The van der Waals surface area contributed by atoms with Gasteiger partial charge >= 0.3 is 0 Å². The molecule has 0 saturated carbocycles. The van der Waals surface area contributed by atoms with Gasteiger partial charge < -0.3 is 0 Å². The molecule has 0 fully saturated rings. The van der Waals surface area contributed by atoms with Crippen LogP contribution >= 0.6 is 0 Å². The van der Waals surface area contributed by atoms with Gasteiger partial charge in [-0.2, -0.15) is 0 Å². The lowest BCUT2D eigenvalue weighted by Gasteiger charge is -1.70. The summed E-state index contributed by atoms with van der Waals surface area (Å²) >= 11 is 0. The third-order valence-corrected chi connectivity index (χ3v) is 1.17. The normalized spacial score (nSPS) is 8.00. The highest BCUT2D eigenvalue weighted by Crippen LogP contribution is 1.69. The molecule has 0 amide bonds. The number of hydrogen-bond donors (Lipinski definition) is 0. The Morgan fingerprint density at radius 2 is 0.643 bits per heavy atom. The molecular weight excluding hydrogens is 176 g/mol. The maximum atomic E-state index is 3.92. The van der Waals surface area contributed by atoms with Crippen molar-refractivity contribution in [3.8, 4) is 0 Å². The van der Waals surface area contributed by atoms with Crippen molar-refractivity contribution in [1.29, 1.82) is 0 Å². The minimum Gasteiger partial charge on any atom is -0.263 e. The molecule has 0 spiro atoms. The average Bonchev–Trinajstić information content (AvgIpc) is 2.22. The number of nitrogens with zero attached hydrogens (tertiary/aromatic N) is 4. The van der Waals surface area contributed by atoms with Gasteiger partial charge in [-0.15, -0.1) is 0 Å². The monoisotopic (exact) mass is 186 g/mol. The van der Waals surface area contributed by atoms with Gasteiger partial charge in [0.2, 0.25) is 0 Å².